The minimum absolute atomic E-state index is 0.0471. The molecule has 10 heteroatoms. The van der Waals surface area contributed by atoms with Gasteiger partial charge in [-0.3, -0.25) is 13.9 Å². The Hall–Kier alpha value is -3.21. The molecule has 0 atom stereocenters. The molecule has 5 rings (SSSR count). The molecule has 4 aromatic rings. The number of rotatable bonds is 6. The third-order valence-corrected chi connectivity index (χ3v) is 8.02. The van der Waals surface area contributed by atoms with E-state index < -0.39 is 10.0 Å². The molecule has 0 radical (unpaired) electrons. The second-order valence-corrected chi connectivity index (χ2v) is 10.5. The average molecular weight is 497 g/mol. The van der Waals surface area contributed by atoms with Crippen LogP contribution in [0, 0.1) is 0 Å². The highest BCUT2D eigenvalue weighted by Gasteiger charge is 2.23. The van der Waals surface area contributed by atoms with Gasteiger partial charge in [-0.1, -0.05) is 31.2 Å². The van der Waals surface area contributed by atoms with E-state index in [0.717, 1.165) is 17.5 Å². The quantitative estimate of drug-likeness (QED) is 0.437. The van der Waals surface area contributed by atoms with Gasteiger partial charge in [0.1, 0.15) is 5.69 Å². The van der Waals surface area contributed by atoms with E-state index in [2.05, 4.69) is 9.71 Å². The van der Waals surface area contributed by atoms with Crippen LogP contribution in [-0.2, 0) is 21.2 Å². The molecule has 1 fully saturated rings. The smallest absolute Gasteiger partial charge is 0.271 e. The van der Waals surface area contributed by atoms with Crippen LogP contribution in [0.4, 0.5) is 5.69 Å². The van der Waals surface area contributed by atoms with Crippen LogP contribution in [0.1, 0.15) is 23.0 Å². The summed E-state index contributed by atoms with van der Waals surface area (Å²) in [6, 6.07) is 14.0. The first kappa shape index (κ1) is 22.6. The van der Waals surface area contributed by atoms with Gasteiger partial charge in [0.05, 0.1) is 23.8 Å². The molecule has 0 saturated carbocycles. The van der Waals surface area contributed by atoms with Gasteiger partial charge in [0.15, 0.2) is 4.96 Å². The van der Waals surface area contributed by atoms with Gasteiger partial charge in [-0.25, -0.2) is 13.4 Å². The number of nitrogens with zero attached hydrogens (tertiary/aromatic N) is 3. The lowest BCUT2D eigenvalue weighted by atomic mass is 10.1. The van der Waals surface area contributed by atoms with E-state index in [1.165, 1.54) is 11.3 Å². The molecule has 2 aromatic carbocycles. The van der Waals surface area contributed by atoms with Crippen molar-refractivity contribution in [1.82, 2.24) is 14.3 Å². The number of thiazole rings is 1. The summed E-state index contributed by atoms with van der Waals surface area (Å²) < 4.78 is 35.5. The molecule has 1 saturated heterocycles. The Bertz CT molecular complexity index is 1440. The highest BCUT2D eigenvalue weighted by molar-refractivity contribution is 7.92. The SMILES string of the molecule is CCc1ccc(S(=O)(=O)Nc2cccc(-c3cn4c(C(=O)N5CCOCC5)csc4n3)c2)cc1. The molecule has 1 aliphatic heterocycles. The highest BCUT2D eigenvalue weighted by Crippen LogP contribution is 2.27. The first-order valence-electron chi connectivity index (χ1n) is 11.0. The minimum Gasteiger partial charge on any atom is -0.378 e. The van der Waals surface area contributed by atoms with Crippen molar-refractivity contribution in [2.24, 2.45) is 0 Å². The number of carbonyl (C=O) groups excluding carboxylic acids is 1. The molecule has 1 aliphatic rings. The number of hydrogen-bond acceptors (Lipinski definition) is 6. The van der Waals surface area contributed by atoms with Gasteiger partial charge >= 0.3 is 0 Å². The molecule has 1 N–H and O–H groups in total. The van der Waals surface area contributed by atoms with Crippen LogP contribution in [0.3, 0.4) is 0 Å². The maximum atomic E-state index is 13.0. The Kier molecular flexibility index (Phi) is 6.11. The van der Waals surface area contributed by atoms with Gasteiger partial charge < -0.3 is 9.64 Å². The zero-order chi connectivity index (χ0) is 23.7. The number of hydrogen-bond donors (Lipinski definition) is 1. The summed E-state index contributed by atoms with van der Waals surface area (Å²) in [5.41, 5.74) is 3.50. The largest absolute Gasteiger partial charge is 0.378 e. The van der Waals surface area contributed by atoms with Crippen molar-refractivity contribution in [2.75, 3.05) is 31.0 Å². The summed E-state index contributed by atoms with van der Waals surface area (Å²) in [4.78, 5) is 20.3. The van der Waals surface area contributed by atoms with Gasteiger partial charge in [0.25, 0.3) is 15.9 Å². The number of ether oxygens (including phenoxy) is 1. The zero-order valence-corrected chi connectivity index (χ0v) is 20.2. The third-order valence-electron chi connectivity index (χ3n) is 5.78. The Morgan fingerprint density at radius 2 is 1.91 bits per heavy atom. The van der Waals surface area contributed by atoms with Gasteiger partial charge in [-0.05, 0) is 36.2 Å². The standard InChI is InChI=1S/C24H24N4O4S2/c1-2-17-6-8-20(9-7-17)34(30,31)26-19-5-3-4-18(14-19)21-15-28-22(16-33-24(28)25-21)23(29)27-10-12-32-13-11-27/h3-9,14-16,26H,2,10-13H2,1H3. The van der Waals surface area contributed by atoms with E-state index >= 15 is 0 Å². The van der Waals surface area contributed by atoms with Crippen molar-refractivity contribution in [2.45, 2.75) is 18.2 Å². The van der Waals surface area contributed by atoms with E-state index in [0.29, 0.717) is 48.3 Å². The molecule has 0 spiro atoms. The summed E-state index contributed by atoms with van der Waals surface area (Å²) in [6.07, 6.45) is 2.66. The molecule has 1 amide bonds. The number of imidazole rings is 1. The van der Waals surface area contributed by atoms with Crippen LogP contribution in [0.2, 0.25) is 0 Å². The van der Waals surface area contributed by atoms with Crippen molar-refractivity contribution in [3.8, 4) is 11.3 Å². The van der Waals surface area contributed by atoms with Crippen molar-refractivity contribution >= 4 is 37.9 Å². The Morgan fingerprint density at radius 3 is 2.65 bits per heavy atom. The molecular formula is C24H24N4O4S2. The number of sulfonamides is 1. The predicted molar refractivity (Wildman–Crippen MR) is 132 cm³/mol. The number of anilines is 1. The van der Waals surface area contributed by atoms with Crippen LogP contribution in [0.15, 0.2) is 65.0 Å². The predicted octanol–water partition coefficient (Wildman–Crippen LogP) is 3.90. The molecule has 0 unspecified atom stereocenters. The van der Waals surface area contributed by atoms with E-state index in [1.807, 2.05) is 36.7 Å². The molecule has 34 heavy (non-hydrogen) atoms. The number of aryl methyl sites for hydroxylation is 1. The van der Waals surface area contributed by atoms with Crippen molar-refractivity contribution < 1.29 is 17.9 Å². The number of amides is 1. The molecule has 8 nitrogen and oxygen atoms in total. The molecule has 0 aliphatic carbocycles. The Morgan fingerprint density at radius 1 is 1.15 bits per heavy atom. The topological polar surface area (TPSA) is 93.0 Å². The highest BCUT2D eigenvalue weighted by atomic mass is 32.2. The fourth-order valence-corrected chi connectivity index (χ4v) is 5.76. The molecule has 2 aromatic heterocycles. The Balaban J connectivity index is 1.40. The van der Waals surface area contributed by atoms with E-state index in [9.17, 15) is 13.2 Å². The normalized spacial score (nSPS) is 14.4. The van der Waals surface area contributed by atoms with E-state index in [4.69, 9.17) is 4.74 Å². The average Bonchev–Trinajstić information content (AvgIpc) is 3.45. The van der Waals surface area contributed by atoms with E-state index in [1.54, 1.807) is 39.6 Å². The Labute approximate surface area is 201 Å². The second kappa shape index (κ2) is 9.21. The van der Waals surface area contributed by atoms with Gasteiger partial charge in [0.2, 0.25) is 0 Å². The van der Waals surface area contributed by atoms with Crippen molar-refractivity contribution in [3.63, 3.8) is 0 Å². The van der Waals surface area contributed by atoms with Crippen LogP contribution in [-0.4, -0.2) is 54.9 Å². The fraction of sp³-hybridized carbons (Fsp3) is 0.250. The monoisotopic (exact) mass is 496 g/mol. The maximum Gasteiger partial charge on any atom is 0.271 e. The lowest BCUT2D eigenvalue weighted by molar-refractivity contribution is 0.0298. The minimum atomic E-state index is -3.72. The number of fused-ring (bicyclic) bond motifs is 1. The van der Waals surface area contributed by atoms with Crippen molar-refractivity contribution in [1.29, 1.82) is 0 Å². The van der Waals surface area contributed by atoms with Crippen LogP contribution >= 0.6 is 11.3 Å². The summed E-state index contributed by atoms with van der Waals surface area (Å²) in [7, 11) is -3.72. The van der Waals surface area contributed by atoms with Gasteiger partial charge in [-0.2, -0.15) is 0 Å². The number of benzene rings is 2. The molecular weight excluding hydrogens is 472 g/mol. The lowest BCUT2D eigenvalue weighted by Crippen LogP contribution is -2.41. The maximum absolute atomic E-state index is 13.0. The summed E-state index contributed by atoms with van der Waals surface area (Å²) in [5, 5.41) is 1.82. The fourth-order valence-electron chi connectivity index (χ4n) is 3.87. The number of morpholine rings is 1. The summed E-state index contributed by atoms with van der Waals surface area (Å²) in [6.45, 7) is 4.25. The van der Waals surface area contributed by atoms with Crippen LogP contribution in [0.25, 0.3) is 16.2 Å². The number of nitrogens with one attached hydrogen (secondary N) is 1. The van der Waals surface area contributed by atoms with Gasteiger partial charge in [0, 0.05) is 35.9 Å². The van der Waals surface area contributed by atoms with E-state index in [-0.39, 0.29) is 10.8 Å². The lowest BCUT2D eigenvalue weighted by Gasteiger charge is -2.26. The molecule has 0 bridgehead atoms. The second-order valence-electron chi connectivity index (χ2n) is 7.99. The zero-order valence-electron chi connectivity index (χ0n) is 18.6. The summed E-state index contributed by atoms with van der Waals surface area (Å²) >= 11 is 1.40. The van der Waals surface area contributed by atoms with Gasteiger partial charge in [-0.15, -0.1) is 11.3 Å². The summed E-state index contributed by atoms with van der Waals surface area (Å²) in [5.74, 6) is -0.0471. The first-order chi connectivity index (χ1) is 16.4. The van der Waals surface area contributed by atoms with Crippen molar-refractivity contribution in [3.05, 3.63) is 71.4 Å². The number of aromatic nitrogens is 2. The van der Waals surface area contributed by atoms with Crippen LogP contribution in [0.5, 0.6) is 0 Å². The first-order valence-corrected chi connectivity index (χ1v) is 13.4. The molecule has 3 heterocycles. The number of carbonyl (C=O) groups is 1. The molecule has 176 valence electrons. The van der Waals surface area contributed by atoms with Crippen LogP contribution < -0.4 is 4.72 Å². The third kappa shape index (κ3) is 4.44.